The lowest BCUT2D eigenvalue weighted by atomic mass is 9.73. The van der Waals surface area contributed by atoms with Crippen LogP contribution in [0.25, 0.3) is 0 Å². The van der Waals surface area contributed by atoms with Crippen molar-refractivity contribution in [3.05, 3.63) is 58.7 Å². The molecular formula is C19H22O2. The van der Waals surface area contributed by atoms with Gasteiger partial charge in [-0.1, -0.05) is 19.1 Å². The first-order valence-corrected chi connectivity index (χ1v) is 7.65. The van der Waals surface area contributed by atoms with E-state index in [4.69, 9.17) is 0 Å². The molecule has 2 nitrogen and oxygen atoms in total. The van der Waals surface area contributed by atoms with Crippen molar-refractivity contribution in [2.24, 2.45) is 5.92 Å². The second-order valence-electron chi connectivity index (χ2n) is 6.29. The molecule has 0 amide bonds. The zero-order valence-corrected chi connectivity index (χ0v) is 12.6. The molecule has 3 rings (SSSR count). The van der Waals surface area contributed by atoms with Crippen LogP contribution in [0.5, 0.6) is 11.5 Å². The van der Waals surface area contributed by atoms with Crippen LogP contribution in [0.15, 0.2) is 36.4 Å². The topological polar surface area (TPSA) is 40.5 Å². The lowest BCUT2D eigenvalue weighted by Gasteiger charge is -2.32. The lowest BCUT2D eigenvalue weighted by molar-refractivity contribution is 0.386. The highest BCUT2D eigenvalue weighted by Gasteiger charge is 2.26. The third-order valence-corrected chi connectivity index (χ3v) is 4.92. The molecule has 0 aromatic heterocycles. The summed E-state index contributed by atoms with van der Waals surface area (Å²) in [5.74, 6) is 1.83. The van der Waals surface area contributed by atoms with Gasteiger partial charge in [0.1, 0.15) is 11.5 Å². The molecule has 0 fully saturated rings. The number of phenolic OH excluding ortho intramolecular Hbond substituents is 2. The van der Waals surface area contributed by atoms with Crippen LogP contribution in [-0.2, 0) is 12.8 Å². The van der Waals surface area contributed by atoms with Gasteiger partial charge in [-0.15, -0.1) is 0 Å². The summed E-state index contributed by atoms with van der Waals surface area (Å²) in [6.07, 6.45) is 3.24. The van der Waals surface area contributed by atoms with Gasteiger partial charge >= 0.3 is 0 Å². The molecule has 2 heteroatoms. The summed E-state index contributed by atoms with van der Waals surface area (Å²) in [7, 11) is 0. The minimum Gasteiger partial charge on any atom is -0.508 e. The molecule has 0 radical (unpaired) electrons. The molecule has 110 valence electrons. The molecule has 2 aromatic rings. The smallest absolute Gasteiger partial charge is 0.115 e. The fourth-order valence-corrected chi connectivity index (χ4v) is 3.57. The molecule has 0 spiro atoms. The van der Waals surface area contributed by atoms with Crippen molar-refractivity contribution in [3.8, 4) is 11.5 Å². The maximum absolute atomic E-state index is 9.61. The highest BCUT2D eigenvalue weighted by molar-refractivity contribution is 5.40. The van der Waals surface area contributed by atoms with E-state index >= 15 is 0 Å². The number of phenols is 2. The number of aromatic hydroxyl groups is 2. The predicted molar refractivity (Wildman–Crippen MR) is 84.9 cm³/mol. The Bertz CT molecular complexity index is 661. The number of hydrogen-bond donors (Lipinski definition) is 2. The van der Waals surface area contributed by atoms with Gasteiger partial charge in [0, 0.05) is 0 Å². The van der Waals surface area contributed by atoms with Crippen LogP contribution in [0.1, 0.15) is 41.5 Å². The van der Waals surface area contributed by atoms with E-state index in [2.05, 4.69) is 19.9 Å². The molecule has 0 aliphatic heterocycles. The molecule has 1 aliphatic rings. The van der Waals surface area contributed by atoms with Gasteiger partial charge in [-0.25, -0.2) is 0 Å². The van der Waals surface area contributed by atoms with Crippen molar-refractivity contribution in [1.82, 2.24) is 0 Å². The van der Waals surface area contributed by atoms with E-state index in [0.29, 0.717) is 23.3 Å². The number of fused-ring (bicyclic) bond motifs is 1. The molecular weight excluding hydrogens is 260 g/mol. The van der Waals surface area contributed by atoms with Crippen molar-refractivity contribution in [2.45, 2.75) is 39.0 Å². The Morgan fingerprint density at radius 1 is 1.05 bits per heavy atom. The fraction of sp³-hybridized carbons (Fsp3) is 0.368. The van der Waals surface area contributed by atoms with E-state index in [9.17, 15) is 10.2 Å². The van der Waals surface area contributed by atoms with Gasteiger partial charge in [-0.2, -0.15) is 0 Å². The second kappa shape index (κ2) is 5.44. The highest BCUT2D eigenvalue weighted by Crippen LogP contribution is 2.39. The summed E-state index contributed by atoms with van der Waals surface area (Å²) in [4.78, 5) is 0. The zero-order chi connectivity index (χ0) is 15.0. The van der Waals surface area contributed by atoms with Crippen LogP contribution in [0.4, 0.5) is 0 Å². The summed E-state index contributed by atoms with van der Waals surface area (Å²) >= 11 is 0. The van der Waals surface area contributed by atoms with Gasteiger partial charge in [0.05, 0.1) is 0 Å². The standard InChI is InChI=1S/C19H22O2/c1-12-9-17(20)6-5-14(12)10-15-3-4-16-11-18(21)7-8-19(16)13(15)2/h5-9,11,13,15,20-21H,3-4,10H2,1-2H3. The Balaban J connectivity index is 1.83. The molecule has 0 bridgehead atoms. The summed E-state index contributed by atoms with van der Waals surface area (Å²) < 4.78 is 0. The maximum atomic E-state index is 9.61. The van der Waals surface area contributed by atoms with E-state index in [1.165, 1.54) is 22.3 Å². The predicted octanol–water partition coefficient (Wildman–Crippen LogP) is 4.31. The molecule has 2 aromatic carbocycles. The molecule has 2 N–H and O–H groups in total. The van der Waals surface area contributed by atoms with Crippen LogP contribution in [-0.4, -0.2) is 10.2 Å². The van der Waals surface area contributed by atoms with E-state index < -0.39 is 0 Å². The van der Waals surface area contributed by atoms with Crippen molar-refractivity contribution in [2.75, 3.05) is 0 Å². The van der Waals surface area contributed by atoms with Gasteiger partial charge < -0.3 is 10.2 Å². The van der Waals surface area contributed by atoms with Crippen molar-refractivity contribution < 1.29 is 10.2 Å². The van der Waals surface area contributed by atoms with E-state index in [0.717, 1.165) is 19.3 Å². The summed E-state index contributed by atoms with van der Waals surface area (Å²) in [5, 5.41) is 19.1. The number of aryl methyl sites for hydroxylation is 2. The first-order valence-electron chi connectivity index (χ1n) is 7.65. The molecule has 0 saturated heterocycles. The zero-order valence-electron chi connectivity index (χ0n) is 12.6. The SMILES string of the molecule is Cc1cc(O)ccc1CC1CCc2cc(O)ccc2C1C. The quantitative estimate of drug-likeness (QED) is 0.861. The Kier molecular flexibility index (Phi) is 3.62. The van der Waals surface area contributed by atoms with Gasteiger partial charge in [-0.05, 0) is 84.5 Å². The molecule has 2 atom stereocenters. The summed E-state index contributed by atoms with van der Waals surface area (Å²) in [5.41, 5.74) is 5.16. The van der Waals surface area contributed by atoms with E-state index in [1.807, 2.05) is 18.2 Å². The molecule has 2 unspecified atom stereocenters. The van der Waals surface area contributed by atoms with Gasteiger partial charge in [0.15, 0.2) is 0 Å². The largest absolute Gasteiger partial charge is 0.508 e. The van der Waals surface area contributed by atoms with Crippen LogP contribution >= 0.6 is 0 Å². The van der Waals surface area contributed by atoms with E-state index in [-0.39, 0.29) is 0 Å². The van der Waals surface area contributed by atoms with E-state index in [1.54, 1.807) is 12.1 Å². The van der Waals surface area contributed by atoms with Crippen molar-refractivity contribution in [1.29, 1.82) is 0 Å². The fourth-order valence-electron chi connectivity index (χ4n) is 3.57. The molecule has 0 saturated carbocycles. The van der Waals surface area contributed by atoms with Gasteiger partial charge in [0.25, 0.3) is 0 Å². The Hall–Kier alpha value is -1.96. The van der Waals surface area contributed by atoms with Gasteiger partial charge in [0.2, 0.25) is 0 Å². The highest BCUT2D eigenvalue weighted by atomic mass is 16.3. The number of hydrogen-bond acceptors (Lipinski definition) is 2. The third kappa shape index (κ3) is 2.76. The maximum Gasteiger partial charge on any atom is 0.115 e. The van der Waals surface area contributed by atoms with Crippen LogP contribution in [0, 0.1) is 12.8 Å². The first kappa shape index (κ1) is 14.0. The summed E-state index contributed by atoms with van der Waals surface area (Å²) in [6, 6.07) is 11.4. The molecule has 21 heavy (non-hydrogen) atoms. The molecule has 0 heterocycles. The number of rotatable bonds is 2. The summed E-state index contributed by atoms with van der Waals surface area (Å²) in [6.45, 7) is 4.35. The van der Waals surface area contributed by atoms with Gasteiger partial charge in [-0.3, -0.25) is 0 Å². The third-order valence-electron chi connectivity index (χ3n) is 4.92. The monoisotopic (exact) mass is 282 g/mol. The lowest BCUT2D eigenvalue weighted by Crippen LogP contribution is -2.20. The van der Waals surface area contributed by atoms with Crippen molar-refractivity contribution >= 4 is 0 Å². The normalized spacial score (nSPS) is 21.0. The second-order valence-corrected chi connectivity index (χ2v) is 6.29. The average molecular weight is 282 g/mol. The first-order chi connectivity index (χ1) is 10.0. The Labute approximate surface area is 126 Å². The Morgan fingerprint density at radius 3 is 2.52 bits per heavy atom. The minimum atomic E-state index is 0.341. The average Bonchev–Trinajstić information content (AvgIpc) is 2.44. The van der Waals surface area contributed by atoms with Crippen molar-refractivity contribution in [3.63, 3.8) is 0 Å². The van der Waals surface area contributed by atoms with Crippen LogP contribution in [0.2, 0.25) is 0 Å². The minimum absolute atomic E-state index is 0.341. The number of benzene rings is 2. The van der Waals surface area contributed by atoms with Crippen LogP contribution < -0.4 is 0 Å². The Morgan fingerprint density at radius 2 is 1.76 bits per heavy atom. The van der Waals surface area contributed by atoms with Crippen LogP contribution in [0.3, 0.4) is 0 Å². The molecule has 1 aliphatic carbocycles.